The van der Waals surface area contributed by atoms with Crippen LogP contribution in [0.5, 0.6) is 11.5 Å². The molecule has 1 fully saturated rings. The van der Waals surface area contributed by atoms with Gasteiger partial charge in [-0.3, -0.25) is 9.69 Å². The predicted molar refractivity (Wildman–Crippen MR) is 86.5 cm³/mol. The van der Waals surface area contributed by atoms with Crippen LogP contribution in [-0.4, -0.2) is 44.5 Å². The third-order valence-corrected chi connectivity index (χ3v) is 5.19. The van der Waals surface area contributed by atoms with Crippen molar-refractivity contribution in [2.45, 2.75) is 31.2 Å². The molecule has 0 aliphatic heterocycles. The van der Waals surface area contributed by atoms with Crippen LogP contribution in [0.3, 0.4) is 0 Å². The molecule has 0 radical (unpaired) electrons. The van der Waals surface area contributed by atoms with Gasteiger partial charge in [0.15, 0.2) is 5.78 Å². The minimum Gasteiger partial charge on any atom is -0.495 e. The van der Waals surface area contributed by atoms with Gasteiger partial charge in [0.1, 0.15) is 16.0 Å². The van der Waals surface area contributed by atoms with E-state index in [1.54, 1.807) is 26.4 Å². The van der Waals surface area contributed by atoms with Crippen molar-refractivity contribution in [2.75, 3.05) is 28.3 Å². The van der Waals surface area contributed by atoms with Crippen LogP contribution in [0, 0.1) is 0 Å². The fraction of sp³-hybridized carbons (Fsp3) is 0.562. The zero-order valence-corrected chi connectivity index (χ0v) is 14.6. The summed E-state index contributed by atoms with van der Waals surface area (Å²) >= 11 is 3.47. The standard InChI is InChI=1S/C16H22BrNO3/c1-18(2)16(9-5-6-10-16)15(19)11-7-8-12(20-3)13(17)14(11)21-4/h7-8H,5-6,9-10H2,1-4H3. The Bertz CT molecular complexity index is 537. The molecule has 0 spiro atoms. The Morgan fingerprint density at radius 3 is 2.29 bits per heavy atom. The Morgan fingerprint density at radius 1 is 1.19 bits per heavy atom. The van der Waals surface area contributed by atoms with Gasteiger partial charge in [0.25, 0.3) is 0 Å². The molecule has 1 aromatic carbocycles. The number of hydrogen-bond acceptors (Lipinski definition) is 4. The molecular weight excluding hydrogens is 334 g/mol. The van der Waals surface area contributed by atoms with E-state index in [0.29, 0.717) is 21.5 Å². The second-order valence-electron chi connectivity index (χ2n) is 5.62. The van der Waals surface area contributed by atoms with E-state index in [-0.39, 0.29) is 5.78 Å². The first-order chi connectivity index (χ1) is 9.97. The first-order valence-corrected chi connectivity index (χ1v) is 7.90. The molecule has 0 amide bonds. The van der Waals surface area contributed by atoms with Gasteiger partial charge in [-0.05, 0) is 55.0 Å². The fourth-order valence-corrected chi connectivity index (χ4v) is 3.83. The smallest absolute Gasteiger partial charge is 0.186 e. The van der Waals surface area contributed by atoms with Gasteiger partial charge in [-0.2, -0.15) is 0 Å². The maximum Gasteiger partial charge on any atom is 0.186 e. The lowest BCUT2D eigenvalue weighted by molar-refractivity contribution is 0.0690. The van der Waals surface area contributed by atoms with E-state index >= 15 is 0 Å². The number of nitrogens with zero attached hydrogens (tertiary/aromatic N) is 1. The summed E-state index contributed by atoms with van der Waals surface area (Å²) in [6.45, 7) is 0. The van der Waals surface area contributed by atoms with E-state index in [1.165, 1.54) is 0 Å². The van der Waals surface area contributed by atoms with Crippen molar-refractivity contribution in [2.24, 2.45) is 0 Å². The number of carbonyl (C=O) groups is 1. The van der Waals surface area contributed by atoms with E-state index in [9.17, 15) is 4.79 Å². The minimum absolute atomic E-state index is 0.130. The number of rotatable bonds is 5. The fourth-order valence-electron chi connectivity index (χ4n) is 3.16. The quantitative estimate of drug-likeness (QED) is 0.757. The van der Waals surface area contributed by atoms with Crippen molar-refractivity contribution in [3.05, 3.63) is 22.2 Å². The van der Waals surface area contributed by atoms with Gasteiger partial charge in [-0.15, -0.1) is 0 Å². The van der Waals surface area contributed by atoms with Crippen LogP contribution in [0.2, 0.25) is 0 Å². The van der Waals surface area contributed by atoms with Crippen LogP contribution in [0.4, 0.5) is 0 Å². The molecule has 0 heterocycles. The average molecular weight is 356 g/mol. The summed E-state index contributed by atoms with van der Waals surface area (Å²) in [5.41, 5.74) is 0.196. The Hall–Kier alpha value is -1.07. The number of benzene rings is 1. The first kappa shape index (κ1) is 16.3. The molecule has 0 N–H and O–H groups in total. The van der Waals surface area contributed by atoms with E-state index in [1.807, 2.05) is 14.1 Å². The topological polar surface area (TPSA) is 38.8 Å². The van der Waals surface area contributed by atoms with Gasteiger partial charge < -0.3 is 9.47 Å². The summed E-state index contributed by atoms with van der Waals surface area (Å²) in [7, 11) is 7.13. The highest BCUT2D eigenvalue weighted by atomic mass is 79.9. The molecule has 0 atom stereocenters. The number of carbonyl (C=O) groups excluding carboxylic acids is 1. The summed E-state index contributed by atoms with van der Waals surface area (Å²) in [4.78, 5) is 15.2. The Morgan fingerprint density at radius 2 is 1.81 bits per heavy atom. The number of methoxy groups -OCH3 is 2. The summed E-state index contributed by atoms with van der Waals surface area (Å²) in [6, 6.07) is 3.60. The summed E-state index contributed by atoms with van der Waals surface area (Å²) in [5.74, 6) is 1.34. The normalized spacial score (nSPS) is 17.0. The van der Waals surface area contributed by atoms with Crippen molar-refractivity contribution >= 4 is 21.7 Å². The van der Waals surface area contributed by atoms with Crippen molar-refractivity contribution < 1.29 is 14.3 Å². The molecule has 1 aromatic rings. The molecule has 0 saturated heterocycles. The Kier molecular flexibility index (Phi) is 4.94. The SMILES string of the molecule is COc1ccc(C(=O)C2(N(C)C)CCCC2)c(OC)c1Br. The highest BCUT2D eigenvalue weighted by Crippen LogP contribution is 2.42. The lowest BCUT2D eigenvalue weighted by Crippen LogP contribution is -2.49. The monoisotopic (exact) mass is 355 g/mol. The number of ketones is 1. The molecule has 116 valence electrons. The van der Waals surface area contributed by atoms with Gasteiger partial charge in [0, 0.05) is 0 Å². The van der Waals surface area contributed by atoms with E-state index in [0.717, 1.165) is 25.7 Å². The molecule has 0 bridgehead atoms. The highest BCUT2D eigenvalue weighted by Gasteiger charge is 2.44. The van der Waals surface area contributed by atoms with Gasteiger partial charge in [-0.25, -0.2) is 0 Å². The molecule has 1 aliphatic rings. The second-order valence-corrected chi connectivity index (χ2v) is 6.42. The van der Waals surface area contributed by atoms with E-state index < -0.39 is 5.54 Å². The van der Waals surface area contributed by atoms with Gasteiger partial charge >= 0.3 is 0 Å². The van der Waals surface area contributed by atoms with Gasteiger partial charge in [-0.1, -0.05) is 12.8 Å². The maximum absolute atomic E-state index is 13.2. The summed E-state index contributed by atoms with van der Waals surface area (Å²) < 4.78 is 11.4. The van der Waals surface area contributed by atoms with Crippen LogP contribution in [0.25, 0.3) is 0 Å². The second kappa shape index (κ2) is 6.36. The Labute approximate surface area is 134 Å². The van der Waals surface area contributed by atoms with Crippen molar-refractivity contribution in [1.29, 1.82) is 0 Å². The molecule has 5 heteroatoms. The molecular formula is C16H22BrNO3. The third-order valence-electron chi connectivity index (χ3n) is 4.44. The van der Waals surface area contributed by atoms with E-state index in [2.05, 4.69) is 20.8 Å². The predicted octanol–water partition coefficient (Wildman–Crippen LogP) is 3.52. The summed E-state index contributed by atoms with van der Waals surface area (Å²) in [5, 5.41) is 0. The molecule has 1 aliphatic carbocycles. The number of likely N-dealkylation sites (N-methyl/N-ethyl adjacent to an activating group) is 1. The highest BCUT2D eigenvalue weighted by molar-refractivity contribution is 9.10. The molecule has 1 saturated carbocycles. The lowest BCUT2D eigenvalue weighted by Gasteiger charge is -2.35. The largest absolute Gasteiger partial charge is 0.495 e. The summed E-state index contributed by atoms with van der Waals surface area (Å²) in [6.07, 6.45) is 3.96. The Balaban J connectivity index is 2.50. The van der Waals surface area contributed by atoms with Crippen LogP contribution >= 0.6 is 15.9 Å². The van der Waals surface area contributed by atoms with Gasteiger partial charge in [0.05, 0.1) is 25.3 Å². The number of ether oxygens (including phenoxy) is 2. The zero-order chi connectivity index (χ0) is 15.6. The maximum atomic E-state index is 13.2. The van der Waals surface area contributed by atoms with Crippen LogP contribution in [0.1, 0.15) is 36.0 Å². The lowest BCUT2D eigenvalue weighted by atomic mass is 9.86. The third kappa shape index (κ3) is 2.69. The minimum atomic E-state index is -0.415. The average Bonchev–Trinajstić information content (AvgIpc) is 2.97. The van der Waals surface area contributed by atoms with E-state index in [4.69, 9.17) is 9.47 Å². The molecule has 0 aromatic heterocycles. The number of hydrogen-bond donors (Lipinski definition) is 0. The molecule has 2 rings (SSSR count). The van der Waals surface area contributed by atoms with Gasteiger partial charge in [0.2, 0.25) is 0 Å². The zero-order valence-electron chi connectivity index (χ0n) is 13.0. The number of halogens is 1. The molecule has 0 unspecified atom stereocenters. The van der Waals surface area contributed by atoms with Crippen LogP contribution < -0.4 is 9.47 Å². The number of Topliss-reactive ketones (excluding diaryl/α,β-unsaturated/α-hetero) is 1. The molecule has 21 heavy (non-hydrogen) atoms. The van der Waals surface area contributed by atoms with Crippen molar-refractivity contribution in [3.63, 3.8) is 0 Å². The van der Waals surface area contributed by atoms with Crippen LogP contribution in [0.15, 0.2) is 16.6 Å². The van der Waals surface area contributed by atoms with Crippen molar-refractivity contribution in [3.8, 4) is 11.5 Å². The van der Waals surface area contributed by atoms with Crippen molar-refractivity contribution in [1.82, 2.24) is 4.90 Å². The molecule has 4 nitrogen and oxygen atoms in total. The first-order valence-electron chi connectivity index (χ1n) is 7.10. The van der Waals surface area contributed by atoms with Crippen LogP contribution in [-0.2, 0) is 0 Å².